The molecule has 0 amide bonds. The van der Waals surface area contributed by atoms with E-state index in [-0.39, 0.29) is 18.8 Å². The van der Waals surface area contributed by atoms with Gasteiger partial charge >= 0.3 is 5.97 Å². The summed E-state index contributed by atoms with van der Waals surface area (Å²) < 4.78 is 6.68. The molecule has 0 aliphatic carbocycles. The molecule has 0 unspecified atom stereocenters. The van der Waals surface area contributed by atoms with E-state index in [1.54, 1.807) is 12.1 Å². The number of aliphatic hydroxyl groups is 1. The molecule has 0 saturated heterocycles. The standard InChI is InChI=1S/C18H16Cl2N2O3/c1-11-8-13(9-14(10-21)18(24)25-7-6-23)12(2)22(11)16-5-3-4-15(19)17(16)20/h3-5,8-9,23H,6-7H2,1-2H3/b14-9+. The average molecular weight is 379 g/mol. The summed E-state index contributed by atoms with van der Waals surface area (Å²) in [6.07, 6.45) is 1.46. The fourth-order valence-corrected chi connectivity index (χ4v) is 2.86. The lowest BCUT2D eigenvalue weighted by molar-refractivity contribution is -0.139. The van der Waals surface area contributed by atoms with Gasteiger partial charge in [-0.15, -0.1) is 0 Å². The maximum absolute atomic E-state index is 11.8. The number of aryl methyl sites for hydroxylation is 1. The van der Waals surface area contributed by atoms with E-state index in [1.807, 2.05) is 36.6 Å². The van der Waals surface area contributed by atoms with E-state index < -0.39 is 5.97 Å². The van der Waals surface area contributed by atoms with Crippen LogP contribution < -0.4 is 0 Å². The lowest BCUT2D eigenvalue weighted by Crippen LogP contribution is -2.10. The van der Waals surface area contributed by atoms with Gasteiger partial charge in [0, 0.05) is 11.4 Å². The lowest BCUT2D eigenvalue weighted by Gasteiger charge is -2.12. The Hall–Kier alpha value is -2.26. The first kappa shape index (κ1) is 19.1. The van der Waals surface area contributed by atoms with Crippen molar-refractivity contribution in [2.45, 2.75) is 13.8 Å². The van der Waals surface area contributed by atoms with E-state index in [1.165, 1.54) is 6.08 Å². The van der Waals surface area contributed by atoms with Crippen LogP contribution in [-0.2, 0) is 9.53 Å². The average Bonchev–Trinajstić information content (AvgIpc) is 2.86. The molecule has 0 saturated carbocycles. The quantitative estimate of drug-likeness (QED) is 0.487. The number of halogens is 2. The topological polar surface area (TPSA) is 75.2 Å². The molecule has 0 fully saturated rings. The maximum Gasteiger partial charge on any atom is 0.348 e. The third-order valence-corrected chi connectivity index (χ3v) is 4.42. The monoisotopic (exact) mass is 378 g/mol. The minimum atomic E-state index is -0.776. The number of benzene rings is 1. The molecule has 0 bridgehead atoms. The van der Waals surface area contributed by atoms with Gasteiger partial charge in [-0.25, -0.2) is 4.79 Å². The molecule has 1 aromatic heterocycles. The van der Waals surface area contributed by atoms with Gasteiger partial charge in [0.15, 0.2) is 0 Å². The second kappa shape index (κ2) is 8.21. The second-order valence-corrected chi connectivity index (χ2v) is 6.05. The van der Waals surface area contributed by atoms with Crippen LogP contribution in [0.25, 0.3) is 11.8 Å². The third-order valence-electron chi connectivity index (χ3n) is 3.61. The van der Waals surface area contributed by atoms with Crippen molar-refractivity contribution in [3.8, 4) is 11.8 Å². The molecule has 7 heteroatoms. The minimum absolute atomic E-state index is 0.147. The number of aliphatic hydroxyl groups excluding tert-OH is 1. The van der Waals surface area contributed by atoms with Crippen molar-refractivity contribution in [1.82, 2.24) is 4.57 Å². The molecule has 130 valence electrons. The van der Waals surface area contributed by atoms with E-state index >= 15 is 0 Å². The third kappa shape index (κ3) is 4.05. The Morgan fingerprint density at radius 3 is 2.76 bits per heavy atom. The molecule has 5 nitrogen and oxygen atoms in total. The molecule has 25 heavy (non-hydrogen) atoms. The molecular weight excluding hydrogens is 363 g/mol. The highest BCUT2D eigenvalue weighted by Crippen LogP contribution is 2.32. The maximum atomic E-state index is 11.8. The summed E-state index contributed by atoms with van der Waals surface area (Å²) in [4.78, 5) is 11.8. The number of carbonyl (C=O) groups excluding carboxylic acids is 1. The van der Waals surface area contributed by atoms with E-state index in [9.17, 15) is 10.1 Å². The second-order valence-electron chi connectivity index (χ2n) is 5.26. The highest BCUT2D eigenvalue weighted by molar-refractivity contribution is 6.43. The number of ether oxygens (including phenoxy) is 1. The molecule has 1 heterocycles. The Kier molecular flexibility index (Phi) is 6.27. The van der Waals surface area contributed by atoms with Crippen LogP contribution in [0.2, 0.25) is 10.0 Å². The number of carbonyl (C=O) groups is 1. The molecule has 2 aromatic rings. The molecular formula is C18H16Cl2N2O3. The van der Waals surface area contributed by atoms with Gasteiger partial charge in [0.05, 0.1) is 22.3 Å². The summed E-state index contributed by atoms with van der Waals surface area (Å²) in [5, 5.41) is 18.8. The van der Waals surface area contributed by atoms with Crippen molar-refractivity contribution in [1.29, 1.82) is 5.26 Å². The molecule has 0 radical (unpaired) electrons. The fourth-order valence-electron chi connectivity index (χ4n) is 2.48. The predicted octanol–water partition coefficient (Wildman–Crippen LogP) is 3.84. The number of esters is 1. The SMILES string of the molecule is Cc1cc(/C=C(\C#N)C(=O)OCCO)c(C)n1-c1cccc(Cl)c1Cl. The van der Waals surface area contributed by atoms with Crippen LogP contribution in [-0.4, -0.2) is 28.9 Å². The van der Waals surface area contributed by atoms with Gasteiger partial charge in [-0.3, -0.25) is 0 Å². The lowest BCUT2D eigenvalue weighted by atomic mass is 10.1. The van der Waals surface area contributed by atoms with Crippen LogP contribution in [0.15, 0.2) is 29.8 Å². The summed E-state index contributed by atoms with van der Waals surface area (Å²) in [5.41, 5.74) is 2.92. The first-order chi connectivity index (χ1) is 11.9. The number of nitrogens with zero attached hydrogens (tertiary/aromatic N) is 2. The molecule has 1 N–H and O–H groups in total. The van der Waals surface area contributed by atoms with Crippen molar-refractivity contribution in [3.63, 3.8) is 0 Å². The fraction of sp³-hybridized carbons (Fsp3) is 0.222. The van der Waals surface area contributed by atoms with Crippen molar-refractivity contribution in [2.24, 2.45) is 0 Å². The number of nitriles is 1. The van der Waals surface area contributed by atoms with Gasteiger partial charge in [-0.1, -0.05) is 29.3 Å². The van der Waals surface area contributed by atoms with Gasteiger partial charge in [0.2, 0.25) is 0 Å². The molecule has 0 atom stereocenters. The van der Waals surface area contributed by atoms with E-state index in [0.29, 0.717) is 21.3 Å². The molecule has 0 spiro atoms. The van der Waals surface area contributed by atoms with Crippen LogP contribution in [0.4, 0.5) is 0 Å². The minimum Gasteiger partial charge on any atom is -0.459 e. The van der Waals surface area contributed by atoms with E-state index in [2.05, 4.69) is 0 Å². The highest BCUT2D eigenvalue weighted by Gasteiger charge is 2.16. The Morgan fingerprint density at radius 2 is 2.12 bits per heavy atom. The van der Waals surface area contributed by atoms with Crippen LogP contribution in [0.1, 0.15) is 17.0 Å². The Morgan fingerprint density at radius 1 is 1.40 bits per heavy atom. The van der Waals surface area contributed by atoms with Crippen LogP contribution in [0, 0.1) is 25.2 Å². The normalized spacial score (nSPS) is 11.3. The van der Waals surface area contributed by atoms with Gasteiger partial charge < -0.3 is 14.4 Å². The Labute approximate surface area is 155 Å². The van der Waals surface area contributed by atoms with Gasteiger partial charge in [0.1, 0.15) is 18.2 Å². The van der Waals surface area contributed by atoms with E-state index in [4.69, 9.17) is 33.0 Å². The smallest absolute Gasteiger partial charge is 0.348 e. The molecule has 2 rings (SSSR count). The van der Waals surface area contributed by atoms with Crippen LogP contribution in [0.5, 0.6) is 0 Å². The van der Waals surface area contributed by atoms with Crippen LogP contribution >= 0.6 is 23.2 Å². The summed E-state index contributed by atoms with van der Waals surface area (Å²) in [6.45, 7) is 3.28. The zero-order valence-corrected chi connectivity index (χ0v) is 15.2. The van der Waals surface area contributed by atoms with Crippen molar-refractivity contribution < 1.29 is 14.6 Å². The first-order valence-electron chi connectivity index (χ1n) is 7.43. The number of hydrogen-bond acceptors (Lipinski definition) is 4. The zero-order chi connectivity index (χ0) is 18.6. The molecule has 0 aliphatic heterocycles. The summed E-state index contributed by atoms with van der Waals surface area (Å²) in [5.74, 6) is -0.776. The zero-order valence-electron chi connectivity index (χ0n) is 13.7. The molecule has 1 aromatic carbocycles. The Balaban J connectivity index is 2.49. The van der Waals surface area contributed by atoms with Crippen molar-refractivity contribution in [3.05, 3.63) is 56.8 Å². The molecule has 0 aliphatic rings. The van der Waals surface area contributed by atoms with Gasteiger partial charge in [0.25, 0.3) is 0 Å². The number of hydrogen-bond donors (Lipinski definition) is 1. The van der Waals surface area contributed by atoms with E-state index in [0.717, 1.165) is 11.4 Å². The number of rotatable bonds is 5. The predicted molar refractivity (Wildman–Crippen MR) is 96.9 cm³/mol. The van der Waals surface area contributed by atoms with Crippen LogP contribution in [0.3, 0.4) is 0 Å². The van der Waals surface area contributed by atoms with Crippen molar-refractivity contribution in [2.75, 3.05) is 13.2 Å². The van der Waals surface area contributed by atoms with Gasteiger partial charge in [-0.2, -0.15) is 5.26 Å². The summed E-state index contributed by atoms with van der Waals surface area (Å²) >= 11 is 12.4. The summed E-state index contributed by atoms with van der Waals surface area (Å²) in [7, 11) is 0. The highest BCUT2D eigenvalue weighted by atomic mass is 35.5. The summed E-state index contributed by atoms with van der Waals surface area (Å²) in [6, 6.07) is 8.99. The first-order valence-corrected chi connectivity index (χ1v) is 8.19. The largest absolute Gasteiger partial charge is 0.459 e. The van der Waals surface area contributed by atoms with Crippen molar-refractivity contribution >= 4 is 35.2 Å². The Bertz CT molecular complexity index is 879. The van der Waals surface area contributed by atoms with Gasteiger partial charge in [-0.05, 0) is 43.7 Å². The number of aromatic nitrogens is 1.